The summed E-state index contributed by atoms with van der Waals surface area (Å²) in [5, 5.41) is 13.6. The Morgan fingerprint density at radius 1 is 1.10 bits per heavy atom. The first-order valence-electron chi connectivity index (χ1n) is 10.7. The van der Waals surface area contributed by atoms with Crippen LogP contribution in [0.2, 0.25) is 0 Å². The van der Waals surface area contributed by atoms with Crippen molar-refractivity contribution in [2.45, 2.75) is 59.2 Å². The van der Waals surface area contributed by atoms with Gasteiger partial charge in [-0.1, -0.05) is 54.1 Å². The highest BCUT2D eigenvalue weighted by molar-refractivity contribution is 5.91. The SMILES string of the molecule is Cc1cccc(Cn2c(C)c(CNC3CCCc4ccccc43)c(C(=O)O)c2C)c1. The predicted molar refractivity (Wildman–Crippen MR) is 120 cm³/mol. The molecule has 0 aliphatic heterocycles. The Balaban J connectivity index is 1.63. The molecule has 0 radical (unpaired) electrons. The predicted octanol–water partition coefficient (Wildman–Crippen LogP) is 5.33. The highest BCUT2D eigenvalue weighted by Crippen LogP contribution is 2.31. The molecule has 1 unspecified atom stereocenters. The van der Waals surface area contributed by atoms with Gasteiger partial charge in [-0.25, -0.2) is 4.79 Å². The summed E-state index contributed by atoms with van der Waals surface area (Å²) in [5.74, 6) is -0.848. The summed E-state index contributed by atoms with van der Waals surface area (Å²) in [6, 6.07) is 17.3. The van der Waals surface area contributed by atoms with Crippen LogP contribution in [0.3, 0.4) is 0 Å². The van der Waals surface area contributed by atoms with E-state index < -0.39 is 5.97 Å². The maximum absolute atomic E-state index is 12.1. The molecule has 0 spiro atoms. The van der Waals surface area contributed by atoms with Gasteiger partial charge in [0.25, 0.3) is 0 Å². The molecular formula is C26H30N2O2. The second kappa shape index (κ2) is 8.49. The monoisotopic (exact) mass is 402 g/mol. The van der Waals surface area contributed by atoms with Crippen molar-refractivity contribution in [1.82, 2.24) is 9.88 Å². The van der Waals surface area contributed by atoms with Gasteiger partial charge in [0.15, 0.2) is 0 Å². The number of fused-ring (bicyclic) bond motifs is 1. The van der Waals surface area contributed by atoms with Crippen LogP contribution in [0.15, 0.2) is 48.5 Å². The minimum absolute atomic E-state index is 0.274. The quantitative estimate of drug-likeness (QED) is 0.586. The average molecular weight is 403 g/mol. The molecule has 2 N–H and O–H groups in total. The number of hydrogen-bond donors (Lipinski definition) is 2. The molecule has 0 bridgehead atoms. The van der Waals surface area contributed by atoms with Crippen molar-refractivity contribution in [3.05, 3.63) is 93.3 Å². The number of carboxylic acids is 1. The second-order valence-corrected chi connectivity index (χ2v) is 8.43. The standard InChI is InChI=1S/C26H30N2O2/c1-17-8-6-9-20(14-17)16-28-18(2)23(25(19(28)3)26(29)30)15-27-24-13-7-11-21-10-4-5-12-22(21)24/h4-6,8-10,12,14,24,27H,7,11,13,15-16H2,1-3H3,(H,29,30). The largest absolute Gasteiger partial charge is 0.478 e. The summed E-state index contributed by atoms with van der Waals surface area (Å²) < 4.78 is 2.14. The Morgan fingerprint density at radius 2 is 1.90 bits per heavy atom. The van der Waals surface area contributed by atoms with E-state index in [9.17, 15) is 9.90 Å². The Labute approximate surface area is 178 Å². The van der Waals surface area contributed by atoms with Crippen LogP contribution in [-0.2, 0) is 19.5 Å². The van der Waals surface area contributed by atoms with Crippen molar-refractivity contribution in [3.63, 3.8) is 0 Å². The summed E-state index contributed by atoms with van der Waals surface area (Å²) in [6.45, 7) is 7.30. The number of benzene rings is 2. The molecule has 0 saturated heterocycles. The lowest BCUT2D eigenvalue weighted by Gasteiger charge is -2.26. The lowest BCUT2D eigenvalue weighted by Crippen LogP contribution is -2.25. The van der Waals surface area contributed by atoms with E-state index in [1.165, 1.54) is 22.3 Å². The number of hydrogen-bond acceptors (Lipinski definition) is 2. The fraction of sp³-hybridized carbons (Fsp3) is 0.346. The Kier molecular flexibility index (Phi) is 5.78. The molecule has 4 nitrogen and oxygen atoms in total. The normalized spacial score (nSPS) is 15.8. The van der Waals surface area contributed by atoms with Crippen LogP contribution in [0.25, 0.3) is 0 Å². The van der Waals surface area contributed by atoms with E-state index in [0.717, 1.165) is 36.2 Å². The van der Waals surface area contributed by atoms with Crippen molar-refractivity contribution in [3.8, 4) is 0 Å². The van der Waals surface area contributed by atoms with Gasteiger partial charge >= 0.3 is 5.97 Å². The molecule has 156 valence electrons. The molecule has 1 aromatic heterocycles. The zero-order chi connectivity index (χ0) is 21.3. The first kappa shape index (κ1) is 20.4. The molecule has 0 amide bonds. The van der Waals surface area contributed by atoms with Crippen LogP contribution in [0.5, 0.6) is 0 Å². The second-order valence-electron chi connectivity index (χ2n) is 8.43. The Hall–Kier alpha value is -2.85. The van der Waals surface area contributed by atoms with E-state index in [1.807, 2.05) is 13.8 Å². The topological polar surface area (TPSA) is 54.3 Å². The van der Waals surface area contributed by atoms with Gasteiger partial charge < -0.3 is 15.0 Å². The highest BCUT2D eigenvalue weighted by atomic mass is 16.4. The minimum Gasteiger partial charge on any atom is -0.478 e. The maximum Gasteiger partial charge on any atom is 0.337 e. The molecule has 30 heavy (non-hydrogen) atoms. The van der Waals surface area contributed by atoms with Crippen LogP contribution < -0.4 is 5.32 Å². The summed E-state index contributed by atoms with van der Waals surface area (Å²) in [5.41, 5.74) is 8.36. The third-order valence-electron chi connectivity index (χ3n) is 6.44. The number of aromatic carboxylic acids is 1. The van der Waals surface area contributed by atoms with Crippen molar-refractivity contribution in [2.24, 2.45) is 0 Å². The molecule has 3 aromatic rings. The van der Waals surface area contributed by atoms with Crippen LogP contribution in [0.1, 0.15) is 68.4 Å². The summed E-state index contributed by atoms with van der Waals surface area (Å²) in [6.07, 6.45) is 3.37. The molecule has 1 heterocycles. The number of nitrogens with one attached hydrogen (secondary N) is 1. The van der Waals surface area contributed by atoms with E-state index in [1.54, 1.807) is 0 Å². The van der Waals surface area contributed by atoms with Crippen LogP contribution in [0.4, 0.5) is 0 Å². The van der Waals surface area contributed by atoms with Crippen LogP contribution >= 0.6 is 0 Å². The Bertz CT molecular complexity index is 1080. The number of carboxylic acid groups (broad SMARTS) is 1. The van der Waals surface area contributed by atoms with E-state index in [-0.39, 0.29) is 6.04 Å². The fourth-order valence-electron chi connectivity index (χ4n) is 4.87. The van der Waals surface area contributed by atoms with E-state index in [4.69, 9.17) is 0 Å². The maximum atomic E-state index is 12.1. The molecule has 4 heteroatoms. The minimum atomic E-state index is -0.848. The number of rotatable bonds is 6. The fourth-order valence-corrected chi connectivity index (χ4v) is 4.87. The van der Waals surface area contributed by atoms with Gasteiger partial charge in [-0.15, -0.1) is 0 Å². The van der Waals surface area contributed by atoms with Gasteiger partial charge in [0, 0.05) is 36.1 Å². The highest BCUT2D eigenvalue weighted by Gasteiger charge is 2.25. The van der Waals surface area contributed by atoms with Crippen molar-refractivity contribution >= 4 is 5.97 Å². The van der Waals surface area contributed by atoms with Gasteiger partial charge in [-0.3, -0.25) is 0 Å². The van der Waals surface area contributed by atoms with Crippen molar-refractivity contribution in [1.29, 1.82) is 0 Å². The number of nitrogens with zero attached hydrogens (tertiary/aromatic N) is 1. The molecule has 0 fully saturated rings. The molecule has 1 aliphatic rings. The van der Waals surface area contributed by atoms with Crippen molar-refractivity contribution < 1.29 is 9.90 Å². The summed E-state index contributed by atoms with van der Waals surface area (Å²) in [4.78, 5) is 12.1. The zero-order valence-electron chi connectivity index (χ0n) is 18.0. The third-order valence-corrected chi connectivity index (χ3v) is 6.44. The average Bonchev–Trinajstić information content (AvgIpc) is 2.96. The van der Waals surface area contributed by atoms with Crippen LogP contribution in [0, 0.1) is 20.8 Å². The number of aryl methyl sites for hydroxylation is 2. The summed E-state index contributed by atoms with van der Waals surface area (Å²) in [7, 11) is 0. The van der Waals surface area contributed by atoms with Gasteiger partial charge in [0.2, 0.25) is 0 Å². The van der Waals surface area contributed by atoms with Gasteiger partial charge in [0.1, 0.15) is 0 Å². The summed E-state index contributed by atoms with van der Waals surface area (Å²) >= 11 is 0. The van der Waals surface area contributed by atoms with E-state index >= 15 is 0 Å². The van der Waals surface area contributed by atoms with Crippen LogP contribution in [-0.4, -0.2) is 15.6 Å². The first-order chi connectivity index (χ1) is 14.5. The number of aromatic nitrogens is 1. The van der Waals surface area contributed by atoms with E-state index in [2.05, 4.69) is 65.3 Å². The molecular weight excluding hydrogens is 372 g/mol. The smallest absolute Gasteiger partial charge is 0.337 e. The molecule has 0 saturated carbocycles. The lowest BCUT2D eigenvalue weighted by molar-refractivity contribution is 0.0694. The third kappa shape index (κ3) is 3.92. The molecule has 1 atom stereocenters. The molecule has 4 rings (SSSR count). The number of carbonyl (C=O) groups is 1. The molecule has 1 aliphatic carbocycles. The Morgan fingerprint density at radius 3 is 2.67 bits per heavy atom. The van der Waals surface area contributed by atoms with Crippen molar-refractivity contribution in [2.75, 3.05) is 0 Å². The van der Waals surface area contributed by atoms with Gasteiger partial charge in [0.05, 0.1) is 5.56 Å². The lowest BCUT2D eigenvalue weighted by atomic mass is 9.87. The van der Waals surface area contributed by atoms with E-state index in [0.29, 0.717) is 18.7 Å². The molecule has 2 aromatic carbocycles. The van der Waals surface area contributed by atoms with Gasteiger partial charge in [-0.2, -0.15) is 0 Å². The zero-order valence-corrected chi connectivity index (χ0v) is 18.0. The van der Waals surface area contributed by atoms with Gasteiger partial charge in [-0.05, 0) is 56.7 Å². The first-order valence-corrected chi connectivity index (χ1v) is 10.7.